The maximum atomic E-state index is 12.3. The summed E-state index contributed by atoms with van der Waals surface area (Å²) in [7, 11) is 0. The molecular formula is C19H25N5O3. The molecule has 1 aliphatic rings. The highest BCUT2D eigenvalue weighted by molar-refractivity contribution is 5.88. The highest BCUT2D eigenvalue weighted by Crippen LogP contribution is 2.14. The van der Waals surface area contributed by atoms with Gasteiger partial charge in [0.25, 0.3) is 0 Å². The van der Waals surface area contributed by atoms with Gasteiger partial charge in [-0.3, -0.25) is 19.5 Å². The smallest absolute Gasteiger partial charge is 0.237 e. The average Bonchev–Trinajstić information content (AvgIpc) is 3.16. The van der Waals surface area contributed by atoms with E-state index in [0.29, 0.717) is 32.7 Å². The number of piperazine rings is 1. The monoisotopic (exact) mass is 371 g/mol. The highest BCUT2D eigenvalue weighted by Gasteiger charge is 2.31. The maximum Gasteiger partial charge on any atom is 0.237 e. The van der Waals surface area contributed by atoms with E-state index in [1.54, 1.807) is 24.9 Å². The zero-order valence-corrected chi connectivity index (χ0v) is 15.4. The van der Waals surface area contributed by atoms with Crippen molar-refractivity contribution >= 4 is 17.5 Å². The molecule has 2 aromatic heterocycles. The van der Waals surface area contributed by atoms with Crippen molar-refractivity contribution in [1.29, 1.82) is 0 Å². The second kappa shape index (κ2) is 9.18. The zero-order valence-electron chi connectivity index (χ0n) is 15.4. The number of hydrogen-bond acceptors (Lipinski definition) is 6. The molecular weight excluding hydrogens is 346 g/mol. The Morgan fingerprint density at radius 1 is 1.41 bits per heavy atom. The van der Waals surface area contributed by atoms with E-state index in [-0.39, 0.29) is 18.2 Å². The molecule has 8 nitrogen and oxygen atoms in total. The Balaban J connectivity index is 1.46. The molecule has 0 spiro atoms. The van der Waals surface area contributed by atoms with Crippen LogP contribution in [0.15, 0.2) is 41.5 Å². The number of carbonyl (C=O) groups excluding carboxylic acids is 2. The zero-order chi connectivity index (χ0) is 19.1. The van der Waals surface area contributed by atoms with E-state index >= 15 is 0 Å². The molecule has 1 atom stereocenters. The summed E-state index contributed by atoms with van der Waals surface area (Å²) < 4.78 is 5.09. The topological polar surface area (TPSA) is 99.5 Å². The van der Waals surface area contributed by atoms with Gasteiger partial charge < -0.3 is 20.4 Å². The predicted molar refractivity (Wildman–Crippen MR) is 101 cm³/mol. The summed E-state index contributed by atoms with van der Waals surface area (Å²) >= 11 is 0. The SMILES string of the molecule is Cc1cnccc1NCCNC(=O)CC1C(=O)NCCN1Cc1ccoc1. The molecule has 1 unspecified atom stereocenters. The molecule has 0 saturated carbocycles. The first-order valence-corrected chi connectivity index (χ1v) is 9.07. The van der Waals surface area contributed by atoms with Gasteiger partial charge >= 0.3 is 0 Å². The Bertz CT molecular complexity index is 762. The molecule has 27 heavy (non-hydrogen) atoms. The lowest BCUT2D eigenvalue weighted by atomic mass is 10.1. The van der Waals surface area contributed by atoms with Crippen molar-refractivity contribution in [2.24, 2.45) is 0 Å². The molecule has 0 radical (unpaired) electrons. The summed E-state index contributed by atoms with van der Waals surface area (Å²) in [5, 5.41) is 8.98. The standard InChI is InChI=1S/C19H25N5O3/c1-14-11-20-4-2-16(14)21-5-6-22-18(25)10-17-19(26)23-7-8-24(17)12-15-3-9-27-13-15/h2-4,9,11,13,17H,5-8,10,12H2,1H3,(H,20,21)(H,22,25)(H,23,26). The Labute approximate surface area is 158 Å². The van der Waals surface area contributed by atoms with Crippen LogP contribution in [0.25, 0.3) is 0 Å². The molecule has 0 aliphatic carbocycles. The van der Waals surface area contributed by atoms with Crippen LogP contribution in [0.5, 0.6) is 0 Å². The number of rotatable bonds is 8. The minimum Gasteiger partial charge on any atom is -0.472 e. The van der Waals surface area contributed by atoms with Gasteiger partial charge in [0.05, 0.1) is 25.0 Å². The summed E-state index contributed by atoms with van der Waals surface area (Å²) in [5.74, 6) is -0.243. The van der Waals surface area contributed by atoms with Crippen LogP contribution in [0.1, 0.15) is 17.5 Å². The fourth-order valence-corrected chi connectivity index (χ4v) is 3.11. The van der Waals surface area contributed by atoms with E-state index in [1.165, 1.54) is 0 Å². The first kappa shape index (κ1) is 18.9. The third-order valence-corrected chi connectivity index (χ3v) is 4.57. The summed E-state index contributed by atoms with van der Waals surface area (Å²) in [6, 6.07) is 3.30. The second-order valence-electron chi connectivity index (χ2n) is 6.58. The van der Waals surface area contributed by atoms with E-state index in [4.69, 9.17) is 4.42 Å². The minimum absolute atomic E-state index is 0.106. The number of furan rings is 1. The quantitative estimate of drug-likeness (QED) is 0.597. The Hall–Kier alpha value is -2.87. The number of amides is 2. The Morgan fingerprint density at radius 3 is 3.07 bits per heavy atom. The first-order chi connectivity index (χ1) is 13.1. The maximum absolute atomic E-state index is 12.3. The summed E-state index contributed by atoms with van der Waals surface area (Å²) in [5.41, 5.74) is 3.04. The molecule has 2 amide bonds. The lowest BCUT2D eigenvalue weighted by Crippen LogP contribution is -2.56. The van der Waals surface area contributed by atoms with E-state index in [1.807, 2.05) is 24.0 Å². The van der Waals surface area contributed by atoms with Gasteiger partial charge in [-0.05, 0) is 24.6 Å². The number of aromatic nitrogens is 1. The fourth-order valence-electron chi connectivity index (χ4n) is 3.11. The van der Waals surface area contributed by atoms with Crippen molar-refractivity contribution in [1.82, 2.24) is 20.5 Å². The average molecular weight is 371 g/mol. The Morgan fingerprint density at radius 2 is 2.30 bits per heavy atom. The number of anilines is 1. The largest absolute Gasteiger partial charge is 0.472 e. The molecule has 1 fully saturated rings. The van der Waals surface area contributed by atoms with Gasteiger partial charge in [0, 0.05) is 56.4 Å². The molecule has 1 saturated heterocycles. The van der Waals surface area contributed by atoms with Crippen molar-refractivity contribution in [3.63, 3.8) is 0 Å². The van der Waals surface area contributed by atoms with E-state index < -0.39 is 6.04 Å². The summed E-state index contributed by atoms with van der Waals surface area (Å²) in [6.45, 7) is 4.94. The number of nitrogens with one attached hydrogen (secondary N) is 3. The van der Waals surface area contributed by atoms with Gasteiger partial charge in [0.2, 0.25) is 11.8 Å². The summed E-state index contributed by atoms with van der Waals surface area (Å²) in [4.78, 5) is 30.6. The van der Waals surface area contributed by atoms with E-state index in [9.17, 15) is 9.59 Å². The van der Waals surface area contributed by atoms with E-state index in [0.717, 1.165) is 16.8 Å². The van der Waals surface area contributed by atoms with Gasteiger partial charge in [-0.2, -0.15) is 0 Å². The molecule has 144 valence electrons. The van der Waals surface area contributed by atoms with Crippen LogP contribution in [0.3, 0.4) is 0 Å². The number of carbonyl (C=O) groups is 2. The van der Waals surface area contributed by atoms with Crippen LogP contribution in [0, 0.1) is 6.92 Å². The van der Waals surface area contributed by atoms with Crippen LogP contribution < -0.4 is 16.0 Å². The highest BCUT2D eigenvalue weighted by atomic mass is 16.3. The molecule has 1 aliphatic heterocycles. The Kier molecular flexibility index (Phi) is 6.43. The van der Waals surface area contributed by atoms with Crippen molar-refractivity contribution in [3.8, 4) is 0 Å². The summed E-state index contributed by atoms with van der Waals surface area (Å²) in [6.07, 6.45) is 6.92. The third-order valence-electron chi connectivity index (χ3n) is 4.57. The van der Waals surface area contributed by atoms with Crippen LogP contribution in [-0.4, -0.2) is 53.9 Å². The molecule has 3 rings (SSSR count). The van der Waals surface area contributed by atoms with Crippen LogP contribution >= 0.6 is 0 Å². The molecule has 8 heteroatoms. The van der Waals surface area contributed by atoms with Gasteiger partial charge in [0.1, 0.15) is 0 Å². The number of pyridine rings is 1. The third kappa shape index (κ3) is 5.30. The lowest BCUT2D eigenvalue weighted by Gasteiger charge is -2.34. The van der Waals surface area contributed by atoms with Crippen molar-refractivity contribution < 1.29 is 14.0 Å². The van der Waals surface area contributed by atoms with Crippen LogP contribution in [0.2, 0.25) is 0 Å². The number of nitrogens with zero attached hydrogens (tertiary/aromatic N) is 2. The van der Waals surface area contributed by atoms with Crippen LogP contribution in [-0.2, 0) is 16.1 Å². The molecule has 0 bridgehead atoms. The van der Waals surface area contributed by atoms with Crippen LogP contribution in [0.4, 0.5) is 5.69 Å². The first-order valence-electron chi connectivity index (χ1n) is 9.07. The molecule has 3 heterocycles. The second-order valence-corrected chi connectivity index (χ2v) is 6.58. The molecule has 0 aromatic carbocycles. The molecule has 3 N–H and O–H groups in total. The van der Waals surface area contributed by atoms with Gasteiger partial charge in [-0.15, -0.1) is 0 Å². The van der Waals surface area contributed by atoms with Gasteiger partial charge in [-0.25, -0.2) is 0 Å². The normalized spacial score (nSPS) is 17.4. The predicted octanol–water partition coefficient (Wildman–Crippen LogP) is 0.902. The van der Waals surface area contributed by atoms with Gasteiger partial charge in [0.15, 0.2) is 0 Å². The minimum atomic E-state index is -0.468. The molecule has 2 aromatic rings. The number of aryl methyl sites for hydroxylation is 1. The fraction of sp³-hybridized carbons (Fsp3) is 0.421. The van der Waals surface area contributed by atoms with E-state index in [2.05, 4.69) is 20.9 Å². The van der Waals surface area contributed by atoms with Crippen molar-refractivity contribution in [3.05, 3.63) is 48.2 Å². The lowest BCUT2D eigenvalue weighted by molar-refractivity contribution is -0.134. The van der Waals surface area contributed by atoms with Gasteiger partial charge in [-0.1, -0.05) is 0 Å². The van der Waals surface area contributed by atoms with Crippen molar-refractivity contribution in [2.75, 3.05) is 31.5 Å². The van der Waals surface area contributed by atoms with Crippen molar-refractivity contribution in [2.45, 2.75) is 25.9 Å². The number of hydrogen-bond donors (Lipinski definition) is 3.